The molecule has 0 aliphatic rings. The molecule has 15 heavy (non-hydrogen) atoms. The Kier molecular flexibility index (Phi) is 5.28. The molecular formula is C10H17N3OS. The lowest BCUT2D eigenvalue weighted by molar-refractivity contribution is -0.128. The minimum atomic E-state index is 0.186. The minimum absolute atomic E-state index is 0.186. The van der Waals surface area contributed by atoms with Gasteiger partial charge in [-0.3, -0.25) is 4.79 Å². The summed E-state index contributed by atoms with van der Waals surface area (Å²) in [5.74, 6) is 0.186. The lowest BCUT2D eigenvalue weighted by Gasteiger charge is -2.09. The number of aromatic nitrogens is 1. The van der Waals surface area contributed by atoms with Crippen molar-refractivity contribution in [3.63, 3.8) is 0 Å². The highest BCUT2D eigenvalue weighted by Gasteiger charge is 2.02. The summed E-state index contributed by atoms with van der Waals surface area (Å²) in [7, 11) is 3.57. The van der Waals surface area contributed by atoms with Gasteiger partial charge in [-0.15, -0.1) is 11.3 Å². The fourth-order valence-electron chi connectivity index (χ4n) is 1.13. The Balaban J connectivity index is 2.00. The van der Waals surface area contributed by atoms with Crippen LogP contribution in [0.2, 0.25) is 0 Å². The molecule has 0 aromatic carbocycles. The molecule has 0 spiro atoms. The van der Waals surface area contributed by atoms with E-state index in [-0.39, 0.29) is 5.91 Å². The number of nitrogens with one attached hydrogen (secondary N) is 1. The Morgan fingerprint density at radius 1 is 1.60 bits per heavy atom. The van der Waals surface area contributed by atoms with E-state index in [0.29, 0.717) is 6.42 Å². The van der Waals surface area contributed by atoms with E-state index in [2.05, 4.69) is 10.3 Å². The Morgan fingerprint density at radius 3 is 3.00 bits per heavy atom. The zero-order valence-corrected chi connectivity index (χ0v) is 10.0. The molecule has 0 fully saturated rings. The molecule has 1 aromatic rings. The first kappa shape index (κ1) is 12.1. The van der Waals surface area contributed by atoms with Crippen molar-refractivity contribution in [1.29, 1.82) is 0 Å². The number of carbonyl (C=O) groups excluding carboxylic acids is 1. The van der Waals surface area contributed by atoms with Crippen LogP contribution < -0.4 is 5.32 Å². The van der Waals surface area contributed by atoms with Crippen molar-refractivity contribution in [3.05, 3.63) is 16.6 Å². The maximum atomic E-state index is 11.2. The normalized spacial score (nSPS) is 10.3. The minimum Gasteiger partial charge on any atom is -0.349 e. The smallest absolute Gasteiger partial charge is 0.222 e. The Bertz CT molecular complexity index is 285. The van der Waals surface area contributed by atoms with Crippen molar-refractivity contribution in [1.82, 2.24) is 15.2 Å². The van der Waals surface area contributed by atoms with Gasteiger partial charge in [-0.2, -0.15) is 0 Å². The molecule has 0 bridgehead atoms. The molecule has 1 heterocycles. The third-order valence-corrected chi connectivity index (χ3v) is 2.67. The van der Waals surface area contributed by atoms with Crippen molar-refractivity contribution < 1.29 is 4.79 Å². The number of rotatable bonds is 6. The molecule has 0 saturated heterocycles. The molecule has 0 unspecified atom stereocenters. The average molecular weight is 227 g/mol. The Labute approximate surface area is 94.3 Å². The van der Waals surface area contributed by atoms with Gasteiger partial charge in [0.15, 0.2) is 0 Å². The zero-order valence-electron chi connectivity index (χ0n) is 9.19. The van der Waals surface area contributed by atoms with Gasteiger partial charge >= 0.3 is 0 Å². The maximum Gasteiger partial charge on any atom is 0.222 e. The zero-order chi connectivity index (χ0) is 11.1. The van der Waals surface area contributed by atoms with Crippen LogP contribution in [-0.4, -0.2) is 36.4 Å². The van der Waals surface area contributed by atoms with Crippen molar-refractivity contribution in [2.45, 2.75) is 19.4 Å². The standard InChI is InChI=1S/C10H17N3OS/c1-13(2)10(14)4-3-5-11-6-9-7-15-8-12-9/h7-8,11H,3-6H2,1-2H3. The molecule has 0 saturated carbocycles. The molecule has 0 aliphatic carbocycles. The summed E-state index contributed by atoms with van der Waals surface area (Å²) in [5.41, 5.74) is 2.89. The molecule has 5 heteroatoms. The topological polar surface area (TPSA) is 45.2 Å². The Hall–Kier alpha value is -0.940. The van der Waals surface area contributed by atoms with Crippen LogP contribution in [0.4, 0.5) is 0 Å². The van der Waals surface area contributed by atoms with Crippen LogP contribution in [-0.2, 0) is 11.3 Å². The van der Waals surface area contributed by atoms with Crippen LogP contribution >= 0.6 is 11.3 Å². The fraction of sp³-hybridized carbons (Fsp3) is 0.600. The number of amides is 1. The van der Waals surface area contributed by atoms with Gasteiger partial charge in [-0.05, 0) is 13.0 Å². The van der Waals surface area contributed by atoms with Gasteiger partial charge in [0.2, 0.25) is 5.91 Å². The van der Waals surface area contributed by atoms with Gasteiger partial charge < -0.3 is 10.2 Å². The third-order valence-electron chi connectivity index (χ3n) is 2.03. The predicted octanol–water partition coefficient (Wildman–Crippen LogP) is 1.10. The van der Waals surface area contributed by atoms with Gasteiger partial charge in [-0.1, -0.05) is 0 Å². The molecule has 0 radical (unpaired) electrons. The highest BCUT2D eigenvalue weighted by Crippen LogP contribution is 2.00. The summed E-state index contributed by atoms with van der Waals surface area (Å²) < 4.78 is 0. The van der Waals surface area contributed by atoms with E-state index in [9.17, 15) is 4.79 Å². The monoisotopic (exact) mass is 227 g/mol. The van der Waals surface area contributed by atoms with Gasteiger partial charge in [0.1, 0.15) is 0 Å². The van der Waals surface area contributed by atoms with Crippen LogP contribution in [0, 0.1) is 0 Å². The van der Waals surface area contributed by atoms with E-state index < -0.39 is 0 Å². The largest absolute Gasteiger partial charge is 0.349 e. The van der Waals surface area contributed by atoms with E-state index in [0.717, 1.165) is 25.2 Å². The summed E-state index contributed by atoms with van der Waals surface area (Å²) in [6, 6.07) is 0. The number of hydrogen-bond donors (Lipinski definition) is 1. The molecule has 1 aromatic heterocycles. The van der Waals surface area contributed by atoms with Crippen LogP contribution in [0.1, 0.15) is 18.5 Å². The molecule has 1 rings (SSSR count). The van der Waals surface area contributed by atoms with Gasteiger partial charge in [0.05, 0.1) is 11.2 Å². The van der Waals surface area contributed by atoms with Crippen molar-refractivity contribution in [2.24, 2.45) is 0 Å². The first-order chi connectivity index (χ1) is 7.20. The van der Waals surface area contributed by atoms with E-state index >= 15 is 0 Å². The SMILES string of the molecule is CN(C)C(=O)CCCNCc1cscn1. The summed E-state index contributed by atoms with van der Waals surface area (Å²) in [5, 5.41) is 5.28. The van der Waals surface area contributed by atoms with E-state index in [4.69, 9.17) is 0 Å². The molecular weight excluding hydrogens is 210 g/mol. The highest BCUT2D eigenvalue weighted by molar-refractivity contribution is 7.07. The summed E-state index contributed by atoms with van der Waals surface area (Å²) in [6.07, 6.45) is 1.48. The summed E-state index contributed by atoms with van der Waals surface area (Å²) >= 11 is 1.60. The van der Waals surface area contributed by atoms with Crippen LogP contribution in [0.25, 0.3) is 0 Å². The number of thiazole rings is 1. The first-order valence-electron chi connectivity index (χ1n) is 4.98. The third kappa shape index (κ3) is 4.90. The van der Waals surface area contributed by atoms with Crippen molar-refractivity contribution in [3.8, 4) is 0 Å². The average Bonchev–Trinajstić information content (AvgIpc) is 2.69. The fourth-order valence-corrected chi connectivity index (χ4v) is 1.69. The lowest BCUT2D eigenvalue weighted by atomic mass is 10.3. The van der Waals surface area contributed by atoms with E-state index in [1.807, 2.05) is 10.9 Å². The van der Waals surface area contributed by atoms with E-state index in [1.54, 1.807) is 30.3 Å². The summed E-state index contributed by atoms with van der Waals surface area (Å²) in [4.78, 5) is 17.0. The number of nitrogens with zero attached hydrogens (tertiary/aromatic N) is 2. The molecule has 84 valence electrons. The first-order valence-corrected chi connectivity index (χ1v) is 5.92. The molecule has 0 atom stereocenters. The lowest BCUT2D eigenvalue weighted by Crippen LogP contribution is -2.23. The van der Waals surface area contributed by atoms with Crippen LogP contribution in [0.15, 0.2) is 10.9 Å². The van der Waals surface area contributed by atoms with Crippen molar-refractivity contribution in [2.75, 3.05) is 20.6 Å². The van der Waals surface area contributed by atoms with Gasteiger partial charge in [0, 0.05) is 32.4 Å². The Morgan fingerprint density at radius 2 is 2.40 bits per heavy atom. The van der Waals surface area contributed by atoms with Gasteiger partial charge in [0.25, 0.3) is 0 Å². The second-order valence-corrected chi connectivity index (χ2v) is 4.27. The van der Waals surface area contributed by atoms with Crippen molar-refractivity contribution >= 4 is 17.2 Å². The molecule has 1 N–H and O–H groups in total. The molecule has 0 aliphatic heterocycles. The second kappa shape index (κ2) is 6.53. The highest BCUT2D eigenvalue weighted by atomic mass is 32.1. The molecule has 1 amide bonds. The van der Waals surface area contributed by atoms with Crippen LogP contribution in [0.5, 0.6) is 0 Å². The van der Waals surface area contributed by atoms with E-state index in [1.165, 1.54) is 0 Å². The second-order valence-electron chi connectivity index (χ2n) is 3.55. The maximum absolute atomic E-state index is 11.2. The van der Waals surface area contributed by atoms with Gasteiger partial charge in [-0.25, -0.2) is 4.98 Å². The summed E-state index contributed by atoms with van der Waals surface area (Å²) in [6.45, 7) is 1.65. The molecule has 4 nitrogen and oxygen atoms in total. The number of carbonyl (C=O) groups is 1. The number of hydrogen-bond acceptors (Lipinski definition) is 4. The predicted molar refractivity (Wildman–Crippen MR) is 61.7 cm³/mol. The van der Waals surface area contributed by atoms with Crippen LogP contribution in [0.3, 0.4) is 0 Å². The quantitative estimate of drug-likeness (QED) is 0.740.